The van der Waals surface area contributed by atoms with Gasteiger partial charge in [-0.15, -0.1) is 0 Å². The Bertz CT molecular complexity index is 1500. The fourth-order valence-corrected chi connectivity index (χ4v) is 5.24. The Hall–Kier alpha value is -2.70. The summed E-state index contributed by atoms with van der Waals surface area (Å²) in [5.41, 5.74) is 6.49. The number of aromatic nitrogens is 2. The summed E-state index contributed by atoms with van der Waals surface area (Å²) < 4.78 is 29.2. The quantitative estimate of drug-likeness (QED) is 0.142. The summed E-state index contributed by atoms with van der Waals surface area (Å²) >= 11 is 9.48. The van der Waals surface area contributed by atoms with Crippen molar-refractivity contribution in [1.82, 2.24) is 9.97 Å². The normalized spacial score (nSPS) is 12.5. The van der Waals surface area contributed by atoms with E-state index in [0.29, 0.717) is 22.8 Å². The number of nitrogens with zero attached hydrogens (tertiary/aromatic N) is 3. The number of benzene rings is 2. The summed E-state index contributed by atoms with van der Waals surface area (Å²) in [6.07, 6.45) is 5.38. The molecule has 1 atom stereocenters. The molecule has 0 amide bonds. The number of aryl methyl sites for hydroxylation is 2. The number of hydrogen-bond acceptors (Lipinski definition) is 3. The minimum absolute atomic E-state index is 0.0653. The lowest BCUT2D eigenvalue weighted by Crippen LogP contribution is -2.10. The molecule has 2 aromatic heterocycles. The molecule has 0 spiro atoms. The molecule has 0 N–H and O–H groups in total. The zero-order valence-electron chi connectivity index (χ0n) is 22.1. The van der Waals surface area contributed by atoms with E-state index >= 15 is 0 Å². The summed E-state index contributed by atoms with van der Waals surface area (Å²) in [5, 5.41) is 1.61. The van der Waals surface area contributed by atoms with E-state index in [-0.39, 0.29) is 10.4 Å². The molecule has 4 aromatic rings. The van der Waals surface area contributed by atoms with Gasteiger partial charge in [0.1, 0.15) is 11.6 Å². The number of hydrogen-bond donors (Lipinski definition) is 0. The van der Waals surface area contributed by atoms with Crippen molar-refractivity contribution in [3.63, 3.8) is 0 Å². The third-order valence-electron chi connectivity index (χ3n) is 6.72. The first kappa shape index (κ1) is 28.3. The zero-order chi connectivity index (χ0) is 27.4. The highest BCUT2D eigenvalue weighted by atomic mass is 79.9. The Morgan fingerprint density at radius 1 is 1.00 bits per heavy atom. The third kappa shape index (κ3) is 6.29. The van der Waals surface area contributed by atoms with Crippen LogP contribution >= 0.6 is 27.5 Å². The Morgan fingerprint density at radius 2 is 1.79 bits per heavy atom. The van der Waals surface area contributed by atoms with Crippen LogP contribution in [0.2, 0.25) is 5.02 Å². The Morgan fingerprint density at radius 3 is 2.53 bits per heavy atom. The van der Waals surface area contributed by atoms with E-state index in [4.69, 9.17) is 21.6 Å². The highest BCUT2D eigenvalue weighted by Crippen LogP contribution is 2.34. The molecule has 1 unspecified atom stereocenters. The van der Waals surface area contributed by atoms with Crippen molar-refractivity contribution in [2.45, 2.75) is 59.3 Å². The smallest absolute Gasteiger partial charge is 0.140 e. The maximum absolute atomic E-state index is 15.0. The first-order valence-corrected chi connectivity index (χ1v) is 14.1. The number of aliphatic imine (C=N–C) groups is 1. The molecule has 0 saturated heterocycles. The van der Waals surface area contributed by atoms with Gasteiger partial charge >= 0.3 is 0 Å². The van der Waals surface area contributed by atoms with Crippen LogP contribution in [0.3, 0.4) is 0 Å². The predicted octanol–water partition coefficient (Wildman–Crippen LogP) is 9.56. The Kier molecular flexibility index (Phi) is 9.27. The lowest BCUT2D eigenvalue weighted by atomic mass is 9.92. The molecule has 0 aliphatic heterocycles. The summed E-state index contributed by atoms with van der Waals surface area (Å²) in [4.78, 5) is 14.3. The van der Waals surface area contributed by atoms with Gasteiger partial charge in [0, 0.05) is 41.4 Å². The highest BCUT2D eigenvalue weighted by molar-refractivity contribution is 9.10. The largest absolute Gasteiger partial charge is 0.292 e. The second kappa shape index (κ2) is 12.4. The van der Waals surface area contributed by atoms with E-state index in [1.807, 2.05) is 44.3 Å². The molecule has 2 heterocycles. The van der Waals surface area contributed by atoms with Crippen molar-refractivity contribution in [2.75, 3.05) is 6.54 Å². The first-order valence-electron chi connectivity index (χ1n) is 12.9. The van der Waals surface area contributed by atoms with Gasteiger partial charge in [-0.3, -0.25) is 15.0 Å². The second-order valence-electron chi connectivity index (χ2n) is 9.67. The first-order chi connectivity index (χ1) is 18.2. The van der Waals surface area contributed by atoms with Gasteiger partial charge < -0.3 is 0 Å². The van der Waals surface area contributed by atoms with Gasteiger partial charge in [-0.1, -0.05) is 44.4 Å². The minimum Gasteiger partial charge on any atom is -0.292 e. The SMILES string of the molecule is CCCc1c(C)cc(C(CCC)CN=Cc2ccc3nc(C)c(Cl)cc3c2)nc1-c1cc(Br)c(F)cc1F. The Labute approximate surface area is 236 Å². The zero-order valence-corrected chi connectivity index (χ0v) is 24.4. The van der Waals surface area contributed by atoms with Gasteiger partial charge in [0.25, 0.3) is 0 Å². The van der Waals surface area contributed by atoms with Crippen LogP contribution in [0.1, 0.15) is 67.1 Å². The van der Waals surface area contributed by atoms with Gasteiger partial charge in [0.05, 0.1) is 26.4 Å². The van der Waals surface area contributed by atoms with Crippen LogP contribution < -0.4 is 0 Å². The molecule has 2 aromatic carbocycles. The molecule has 0 bridgehead atoms. The summed E-state index contributed by atoms with van der Waals surface area (Å²) in [7, 11) is 0. The van der Waals surface area contributed by atoms with Crippen molar-refractivity contribution >= 4 is 44.6 Å². The molecule has 4 rings (SSSR count). The predicted molar refractivity (Wildman–Crippen MR) is 158 cm³/mol. The van der Waals surface area contributed by atoms with E-state index < -0.39 is 11.6 Å². The molecule has 0 saturated carbocycles. The monoisotopic (exact) mass is 597 g/mol. The van der Waals surface area contributed by atoms with Crippen molar-refractivity contribution in [3.8, 4) is 11.3 Å². The summed E-state index contributed by atoms with van der Waals surface area (Å²) in [6.45, 7) is 8.70. The van der Waals surface area contributed by atoms with Crippen LogP contribution in [-0.2, 0) is 6.42 Å². The fourth-order valence-electron chi connectivity index (χ4n) is 4.74. The van der Waals surface area contributed by atoms with Gasteiger partial charge in [-0.05, 0) is 89.6 Å². The van der Waals surface area contributed by atoms with Crippen molar-refractivity contribution < 1.29 is 8.78 Å². The fraction of sp³-hybridized carbons (Fsp3) is 0.323. The van der Waals surface area contributed by atoms with Crippen LogP contribution in [0.4, 0.5) is 8.78 Å². The molecule has 0 aliphatic carbocycles. The van der Waals surface area contributed by atoms with Crippen molar-refractivity contribution in [2.24, 2.45) is 4.99 Å². The standard InChI is InChI=1S/C31H31BrClF2N3/c1-5-7-21(17-36-16-20-9-10-29-22(12-20)13-26(33)19(4)37-29)30-11-18(3)23(8-6-2)31(38-30)24-14-25(32)28(35)15-27(24)34/h9-16,21H,5-8,17H2,1-4H3. The third-order valence-corrected chi connectivity index (χ3v) is 7.71. The average molecular weight is 599 g/mol. The molecular formula is C31H31BrClF2N3. The summed E-state index contributed by atoms with van der Waals surface area (Å²) in [5.74, 6) is -1.18. The van der Waals surface area contributed by atoms with Crippen LogP contribution in [0, 0.1) is 25.5 Å². The summed E-state index contributed by atoms with van der Waals surface area (Å²) in [6, 6.07) is 12.4. The molecule has 7 heteroatoms. The average Bonchev–Trinajstić information content (AvgIpc) is 2.88. The number of halogens is 4. The van der Waals surface area contributed by atoms with Gasteiger partial charge in [0.15, 0.2) is 0 Å². The number of fused-ring (bicyclic) bond motifs is 1. The Balaban J connectivity index is 1.68. The van der Waals surface area contributed by atoms with Gasteiger partial charge in [0.2, 0.25) is 0 Å². The molecule has 0 fully saturated rings. The van der Waals surface area contributed by atoms with E-state index in [1.165, 1.54) is 6.07 Å². The molecule has 38 heavy (non-hydrogen) atoms. The van der Waals surface area contributed by atoms with E-state index in [0.717, 1.165) is 70.7 Å². The molecule has 198 valence electrons. The molecule has 3 nitrogen and oxygen atoms in total. The maximum Gasteiger partial charge on any atom is 0.140 e. The second-order valence-corrected chi connectivity index (χ2v) is 10.9. The van der Waals surface area contributed by atoms with Crippen LogP contribution in [0.25, 0.3) is 22.2 Å². The van der Waals surface area contributed by atoms with Crippen molar-refractivity contribution in [3.05, 3.63) is 91.7 Å². The van der Waals surface area contributed by atoms with Crippen LogP contribution in [0.5, 0.6) is 0 Å². The molecular weight excluding hydrogens is 568 g/mol. The highest BCUT2D eigenvalue weighted by Gasteiger charge is 2.20. The maximum atomic E-state index is 15.0. The number of rotatable bonds is 9. The lowest BCUT2D eigenvalue weighted by Gasteiger charge is -2.19. The minimum atomic E-state index is -0.628. The molecule has 0 radical (unpaired) electrons. The van der Waals surface area contributed by atoms with E-state index in [2.05, 4.69) is 40.8 Å². The van der Waals surface area contributed by atoms with Crippen molar-refractivity contribution in [1.29, 1.82) is 0 Å². The molecule has 0 aliphatic rings. The van der Waals surface area contributed by atoms with Gasteiger partial charge in [-0.25, -0.2) is 8.78 Å². The van der Waals surface area contributed by atoms with Crippen LogP contribution in [0.15, 0.2) is 51.9 Å². The topological polar surface area (TPSA) is 38.1 Å². The number of pyridine rings is 2. The van der Waals surface area contributed by atoms with Gasteiger partial charge in [-0.2, -0.15) is 0 Å². The lowest BCUT2D eigenvalue weighted by molar-refractivity contribution is 0.580. The van der Waals surface area contributed by atoms with Crippen LogP contribution in [-0.4, -0.2) is 22.7 Å². The van der Waals surface area contributed by atoms with E-state index in [9.17, 15) is 8.78 Å². The van der Waals surface area contributed by atoms with E-state index in [1.54, 1.807) is 0 Å².